The number of aryl methyl sites for hydroxylation is 1. The van der Waals surface area contributed by atoms with Gasteiger partial charge >= 0.3 is 0 Å². The molecule has 0 atom stereocenters. The third kappa shape index (κ3) is 3.89. The van der Waals surface area contributed by atoms with Gasteiger partial charge in [-0.3, -0.25) is 0 Å². The van der Waals surface area contributed by atoms with Crippen LogP contribution in [0.3, 0.4) is 0 Å². The molecule has 0 aliphatic rings. The van der Waals surface area contributed by atoms with Gasteiger partial charge < -0.3 is 10.1 Å². The number of nitrogens with one attached hydrogen (secondary N) is 1. The van der Waals surface area contributed by atoms with Gasteiger partial charge in [-0.05, 0) is 54.4 Å². The number of rotatable bonds is 5. The van der Waals surface area contributed by atoms with Gasteiger partial charge in [0.1, 0.15) is 11.5 Å². The van der Waals surface area contributed by atoms with Crippen LogP contribution in [0.1, 0.15) is 11.1 Å². The van der Waals surface area contributed by atoms with Crippen LogP contribution in [0.2, 0.25) is 0 Å². The Hall–Kier alpha value is -2.74. The summed E-state index contributed by atoms with van der Waals surface area (Å²) in [5.41, 5.74) is 3.54. The highest BCUT2D eigenvalue weighted by atomic mass is 16.5. The highest BCUT2D eigenvalue weighted by Gasteiger charge is 1.99. The first-order valence-corrected chi connectivity index (χ1v) is 7.42. The summed E-state index contributed by atoms with van der Waals surface area (Å²) in [4.78, 5) is 0. The van der Waals surface area contributed by atoms with E-state index in [1.807, 2.05) is 48.5 Å². The average molecular weight is 289 g/mol. The Bertz CT molecular complexity index is 720. The minimum Gasteiger partial charge on any atom is -0.457 e. The van der Waals surface area contributed by atoms with Crippen molar-refractivity contribution in [3.8, 4) is 11.5 Å². The maximum atomic E-state index is 5.85. The molecule has 0 saturated carbocycles. The second-order valence-corrected chi connectivity index (χ2v) is 5.28. The molecule has 1 N–H and O–H groups in total. The number of hydrogen-bond donors (Lipinski definition) is 1. The molecule has 0 heterocycles. The van der Waals surface area contributed by atoms with E-state index in [2.05, 4.69) is 42.6 Å². The quantitative estimate of drug-likeness (QED) is 0.679. The SMILES string of the molecule is Cc1cccc(Oc2ccc(NCc3ccccc3)cc2)c1. The second-order valence-electron chi connectivity index (χ2n) is 5.28. The molecule has 0 amide bonds. The first kappa shape index (κ1) is 14.2. The summed E-state index contributed by atoms with van der Waals surface area (Å²) >= 11 is 0. The Morgan fingerprint density at radius 1 is 0.773 bits per heavy atom. The first-order valence-electron chi connectivity index (χ1n) is 7.42. The maximum Gasteiger partial charge on any atom is 0.127 e. The molecule has 0 fully saturated rings. The van der Waals surface area contributed by atoms with Crippen molar-refractivity contribution in [3.63, 3.8) is 0 Å². The van der Waals surface area contributed by atoms with E-state index in [1.54, 1.807) is 0 Å². The van der Waals surface area contributed by atoms with E-state index in [-0.39, 0.29) is 0 Å². The molecule has 22 heavy (non-hydrogen) atoms. The lowest BCUT2D eigenvalue weighted by atomic mass is 10.2. The molecule has 0 spiro atoms. The van der Waals surface area contributed by atoms with Gasteiger partial charge in [0.05, 0.1) is 0 Å². The van der Waals surface area contributed by atoms with Gasteiger partial charge in [0.2, 0.25) is 0 Å². The van der Waals surface area contributed by atoms with Crippen LogP contribution in [-0.2, 0) is 6.54 Å². The first-order chi connectivity index (χ1) is 10.8. The number of hydrogen-bond acceptors (Lipinski definition) is 2. The van der Waals surface area contributed by atoms with Crippen LogP contribution < -0.4 is 10.1 Å². The summed E-state index contributed by atoms with van der Waals surface area (Å²) in [5, 5.41) is 3.41. The monoisotopic (exact) mass is 289 g/mol. The van der Waals surface area contributed by atoms with Crippen molar-refractivity contribution < 1.29 is 4.74 Å². The lowest BCUT2D eigenvalue weighted by Gasteiger charge is -2.09. The van der Waals surface area contributed by atoms with E-state index in [1.165, 1.54) is 11.1 Å². The molecule has 2 nitrogen and oxygen atoms in total. The smallest absolute Gasteiger partial charge is 0.127 e. The summed E-state index contributed by atoms with van der Waals surface area (Å²) in [6.45, 7) is 2.88. The Balaban J connectivity index is 1.60. The maximum absolute atomic E-state index is 5.85. The predicted octanol–water partition coefficient (Wildman–Crippen LogP) is 5.40. The second kappa shape index (κ2) is 6.81. The van der Waals surface area contributed by atoms with Gasteiger partial charge in [-0.1, -0.05) is 42.5 Å². The van der Waals surface area contributed by atoms with Gasteiger partial charge in [0, 0.05) is 12.2 Å². The van der Waals surface area contributed by atoms with Crippen molar-refractivity contribution in [2.45, 2.75) is 13.5 Å². The zero-order valence-electron chi connectivity index (χ0n) is 12.6. The minimum absolute atomic E-state index is 0.818. The molecule has 0 aromatic heterocycles. The Morgan fingerprint density at radius 3 is 2.27 bits per heavy atom. The lowest BCUT2D eigenvalue weighted by Crippen LogP contribution is -1.98. The topological polar surface area (TPSA) is 21.3 Å². The lowest BCUT2D eigenvalue weighted by molar-refractivity contribution is 0.482. The van der Waals surface area contributed by atoms with E-state index in [0.717, 1.165) is 23.7 Å². The molecule has 0 bridgehead atoms. The minimum atomic E-state index is 0.818. The van der Waals surface area contributed by atoms with E-state index in [0.29, 0.717) is 0 Å². The van der Waals surface area contributed by atoms with Crippen molar-refractivity contribution in [2.75, 3.05) is 5.32 Å². The van der Waals surface area contributed by atoms with Crippen LogP contribution in [0.5, 0.6) is 11.5 Å². The predicted molar refractivity (Wildman–Crippen MR) is 91.5 cm³/mol. The summed E-state index contributed by atoms with van der Waals surface area (Å²) in [6, 6.07) is 26.4. The van der Waals surface area contributed by atoms with E-state index >= 15 is 0 Å². The molecule has 0 aliphatic heterocycles. The Kier molecular flexibility index (Phi) is 4.40. The molecular formula is C20H19NO. The molecule has 0 aliphatic carbocycles. The third-order valence-corrected chi connectivity index (χ3v) is 3.42. The highest BCUT2D eigenvalue weighted by Crippen LogP contribution is 2.23. The largest absolute Gasteiger partial charge is 0.457 e. The van der Waals surface area contributed by atoms with Crippen molar-refractivity contribution in [1.29, 1.82) is 0 Å². The molecule has 0 unspecified atom stereocenters. The summed E-state index contributed by atoms with van der Waals surface area (Å²) in [7, 11) is 0. The van der Waals surface area contributed by atoms with Gasteiger partial charge in [0.15, 0.2) is 0 Å². The fourth-order valence-corrected chi connectivity index (χ4v) is 2.26. The Labute approximate surface area is 131 Å². The zero-order valence-corrected chi connectivity index (χ0v) is 12.6. The van der Waals surface area contributed by atoms with Crippen molar-refractivity contribution in [2.24, 2.45) is 0 Å². The fourth-order valence-electron chi connectivity index (χ4n) is 2.26. The van der Waals surface area contributed by atoms with Crippen LogP contribution >= 0.6 is 0 Å². The van der Waals surface area contributed by atoms with Crippen LogP contribution in [0.25, 0.3) is 0 Å². The summed E-state index contributed by atoms with van der Waals surface area (Å²) < 4.78 is 5.85. The zero-order chi connectivity index (χ0) is 15.2. The number of anilines is 1. The normalized spacial score (nSPS) is 10.2. The number of benzene rings is 3. The van der Waals surface area contributed by atoms with Crippen LogP contribution in [0, 0.1) is 6.92 Å². The van der Waals surface area contributed by atoms with Crippen molar-refractivity contribution in [3.05, 3.63) is 90.0 Å². The van der Waals surface area contributed by atoms with Crippen LogP contribution in [-0.4, -0.2) is 0 Å². The molecule has 3 aromatic carbocycles. The Morgan fingerprint density at radius 2 is 1.55 bits per heavy atom. The summed E-state index contributed by atoms with van der Waals surface area (Å²) in [5.74, 6) is 1.71. The third-order valence-electron chi connectivity index (χ3n) is 3.42. The van der Waals surface area contributed by atoms with Gasteiger partial charge in [-0.15, -0.1) is 0 Å². The van der Waals surface area contributed by atoms with E-state index < -0.39 is 0 Å². The van der Waals surface area contributed by atoms with Gasteiger partial charge in [0.25, 0.3) is 0 Å². The molecule has 2 heteroatoms. The fraction of sp³-hybridized carbons (Fsp3) is 0.100. The number of ether oxygens (including phenoxy) is 1. The summed E-state index contributed by atoms with van der Waals surface area (Å²) in [6.07, 6.45) is 0. The molecule has 3 rings (SSSR count). The molecular weight excluding hydrogens is 270 g/mol. The van der Waals surface area contributed by atoms with Crippen LogP contribution in [0.4, 0.5) is 5.69 Å². The molecule has 0 radical (unpaired) electrons. The molecule has 110 valence electrons. The van der Waals surface area contributed by atoms with Gasteiger partial charge in [-0.25, -0.2) is 0 Å². The van der Waals surface area contributed by atoms with Gasteiger partial charge in [-0.2, -0.15) is 0 Å². The molecule has 3 aromatic rings. The highest BCUT2D eigenvalue weighted by molar-refractivity contribution is 5.47. The van der Waals surface area contributed by atoms with E-state index in [9.17, 15) is 0 Å². The van der Waals surface area contributed by atoms with Crippen molar-refractivity contribution in [1.82, 2.24) is 0 Å². The van der Waals surface area contributed by atoms with Crippen molar-refractivity contribution >= 4 is 5.69 Å². The van der Waals surface area contributed by atoms with E-state index in [4.69, 9.17) is 4.74 Å². The average Bonchev–Trinajstić information content (AvgIpc) is 2.55. The van der Waals surface area contributed by atoms with Crippen LogP contribution in [0.15, 0.2) is 78.9 Å². The standard InChI is InChI=1S/C20H19NO/c1-16-6-5-9-20(14-16)22-19-12-10-18(11-13-19)21-15-17-7-3-2-4-8-17/h2-14,21H,15H2,1H3. The molecule has 0 saturated heterocycles.